The monoisotopic (exact) mass is 416 g/mol. The Labute approximate surface area is 170 Å². The maximum atomic E-state index is 12.5. The number of hydrogen-bond donors (Lipinski definition) is 0. The number of rotatable bonds is 7. The van der Waals surface area contributed by atoms with Crippen LogP contribution in [0.2, 0.25) is 0 Å². The molecule has 1 amide bonds. The number of para-hydroxylation sites is 1. The Morgan fingerprint density at radius 3 is 2.79 bits per heavy atom. The Kier molecular flexibility index (Phi) is 6.05. The Morgan fingerprint density at radius 1 is 1.32 bits per heavy atom. The number of carbonyl (C=O) groups is 2. The third-order valence-corrected chi connectivity index (χ3v) is 5.43. The van der Waals surface area contributed by atoms with Gasteiger partial charge in [-0.25, -0.2) is 0 Å². The van der Waals surface area contributed by atoms with Gasteiger partial charge in [0.15, 0.2) is 0 Å². The number of nitro benzene ring substituents is 1. The lowest BCUT2D eigenvalue weighted by Crippen LogP contribution is -2.29. The summed E-state index contributed by atoms with van der Waals surface area (Å²) in [6.07, 6.45) is 2.52. The lowest BCUT2D eigenvalue weighted by molar-refractivity contribution is -0.384. The highest BCUT2D eigenvalue weighted by Crippen LogP contribution is 2.35. The number of thiocarbonyl (C=S) groups is 1. The number of furan rings is 1. The van der Waals surface area contributed by atoms with E-state index in [9.17, 15) is 19.7 Å². The molecule has 2 heterocycles. The summed E-state index contributed by atoms with van der Waals surface area (Å²) in [5.74, 6) is 0.578. The number of benzene rings is 1. The first kappa shape index (κ1) is 20.0. The summed E-state index contributed by atoms with van der Waals surface area (Å²) in [4.78, 5) is 36.2. The molecular weight excluding hydrogens is 400 g/mol. The molecule has 144 valence electrons. The summed E-state index contributed by atoms with van der Waals surface area (Å²) in [7, 11) is 0. The van der Waals surface area contributed by atoms with E-state index in [1.54, 1.807) is 36.4 Å². The molecule has 1 saturated heterocycles. The fraction of sp³-hybridized carbons (Fsp3) is 0.211. The maximum Gasteiger partial charge on any atom is 0.280 e. The third-order valence-electron chi connectivity index (χ3n) is 4.05. The van der Waals surface area contributed by atoms with E-state index in [0.717, 1.165) is 11.8 Å². The molecule has 1 aliphatic rings. The SMILES string of the molecule is CC(=O)CCCN1C(=O)/C(=C/c2ccc(-c3ccccc3[N+](=O)[O-])o2)SC1=S. The number of Topliss-reactive ketones (excluding diaryl/α,β-unsaturated/α-hetero) is 1. The summed E-state index contributed by atoms with van der Waals surface area (Å²) in [6, 6.07) is 9.56. The lowest BCUT2D eigenvalue weighted by atomic mass is 10.1. The van der Waals surface area contributed by atoms with Crippen LogP contribution in [0.4, 0.5) is 5.69 Å². The predicted octanol–water partition coefficient (Wildman–Crippen LogP) is 4.43. The highest BCUT2D eigenvalue weighted by atomic mass is 32.2. The van der Waals surface area contributed by atoms with Gasteiger partial charge in [0.25, 0.3) is 11.6 Å². The summed E-state index contributed by atoms with van der Waals surface area (Å²) >= 11 is 6.42. The lowest BCUT2D eigenvalue weighted by Gasteiger charge is -2.13. The van der Waals surface area contributed by atoms with E-state index in [1.807, 2.05) is 0 Å². The van der Waals surface area contributed by atoms with E-state index in [1.165, 1.54) is 17.9 Å². The molecule has 0 atom stereocenters. The van der Waals surface area contributed by atoms with Crippen LogP contribution in [-0.2, 0) is 9.59 Å². The molecule has 1 aromatic carbocycles. The zero-order valence-corrected chi connectivity index (χ0v) is 16.5. The predicted molar refractivity (Wildman–Crippen MR) is 111 cm³/mol. The van der Waals surface area contributed by atoms with Crippen LogP contribution in [-0.4, -0.2) is 32.4 Å². The molecule has 28 heavy (non-hydrogen) atoms. The van der Waals surface area contributed by atoms with E-state index in [0.29, 0.717) is 45.7 Å². The summed E-state index contributed by atoms with van der Waals surface area (Å²) in [5, 5.41) is 11.2. The van der Waals surface area contributed by atoms with E-state index in [-0.39, 0.29) is 17.4 Å². The number of ketones is 1. The van der Waals surface area contributed by atoms with Crippen molar-refractivity contribution in [2.45, 2.75) is 19.8 Å². The van der Waals surface area contributed by atoms with Gasteiger partial charge in [0.1, 0.15) is 21.6 Å². The Morgan fingerprint density at radius 2 is 2.07 bits per heavy atom. The first-order chi connectivity index (χ1) is 13.4. The molecule has 7 nitrogen and oxygen atoms in total. The van der Waals surface area contributed by atoms with Crippen molar-refractivity contribution < 1.29 is 18.9 Å². The second kappa shape index (κ2) is 8.49. The molecule has 0 bridgehead atoms. The minimum absolute atomic E-state index is 0.0554. The van der Waals surface area contributed by atoms with Crippen molar-refractivity contribution in [3.05, 3.63) is 57.2 Å². The van der Waals surface area contributed by atoms with Crippen molar-refractivity contribution in [1.29, 1.82) is 0 Å². The van der Waals surface area contributed by atoms with Crippen LogP contribution in [0.25, 0.3) is 17.4 Å². The van der Waals surface area contributed by atoms with Crippen molar-refractivity contribution in [3.8, 4) is 11.3 Å². The molecule has 0 N–H and O–H groups in total. The third kappa shape index (κ3) is 4.37. The van der Waals surface area contributed by atoms with Gasteiger partial charge in [-0.3, -0.25) is 19.8 Å². The van der Waals surface area contributed by atoms with Gasteiger partial charge in [-0.15, -0.1) is 0 Å². The summed E-state index contributed by atoms with van der Waals surface area (Å²) in [5.41, 5.74) is 0.309. The second-order valence-electron chi connectivity index (χ2n) is 6.12. The number of nitrogens with zero attached hydrogens (tertiary/aromatic N) is 2. The van der Waals surface area contributed by atoms with E-state index >= 15 is 0 Å². The first-order valence-electron chi connectivity index (χ1n) is 8.45. The van der Waals surface area contributed by atoms with Crippen molar-refractivity contribution in [1.82, 2.24) is 4.90 Å². The van der Waals surface area contributed by atoms with Gasteiger partial charge in [-0.1, -0.05) is 36.1 Å². The number of nitro groups is 1. The highest BCUT2D eigenvalue weighted by Gasteiger charge is 2.32. The van der Waals surface area contributed by atoms with Crippen molar-refractivity contribution >= 4 is 51.8 Å². The van der Waals surface area contributed by atoms with Gasteiger partial charge in [0.05, 0.1) is 15.4 Å². The molecule has 0 radical (unpaired) electrons. The zero-order chi connectivity index (χ0) is 20.3. The van der Waals surface area contributed by atoms with Crippen LogP contribution in [0.3, 0.4) is 0 Å². The van der Waals surface area contributed by atoms with Crippen LogP contribution in [0.1, 0.15) is 25.5 Å². The standard InChI is InChI=1S/C19H16N2O5S2/c1-12(22)5-4-10-20-18(23)17(28-19(20)27)11-13-8-9-16(26-13)14-6-2-3-7-15(14)21(24)25/h2-3,6-9,11H,4-5,10H2,1H3/b17-11-. The van der Waals surface area contributed by atoms with Crippen LogP contribution in [0.15, 0.2) is 45.7 Å². The first-order valence-corrected chi connectivity index (χ1v) is 9.67. The minimum atomic E-state index is -0.469. The summed E-state index contributed by atoms with van der Waals surface area (Å²) in [6.45, 7) is 1.90. The van der Waals surface area contributed by atoms with Crippen LogP contribution in [0, 0.1) is 10.1 Å². The van der Waals surface area contributed by atoms with Gasteiger partial charge in [0, 0.05) is 25.1 Å². The Balaban J connectivity index is 1.79. The van der Waals surface area contributed by atoms with Gasteiger partial charge in [0.2, 0.25) is 0 Å². The Hall–Kier alpha value is -2.78. The molecule has 0 unspecified atom stereocenters. The fourth-order valence-electron chi connectivity index (χ4n) is 2.72. The van der Waals surface area contributed by atoms with E-state index in [4.69, 9.17) is 16.6 Å². The molecule has 1 fully saturated rings. The smallest absolute Gasteiger partial charge is 0.280 e. The minimum Gasteiger partial charge on any atom is -0.456 e. The molecule has 9 heteroatoms. The number of amides is 1. The number of carbonyl (C=O) groups excluding carboxylic acids is 2. The normalized spacial score (nSPS) is 15.5. The van der Waals surface area contributed by atoms with Crippen LogP contribution in [0.5, 0.6) is 0 Å². The molecule has 0 aliphatic carbocycles. The molecule has 0 spiro atoms. The summed E-state index contributed by atoms with van der Waals surface area (Å²) < 4.78 is 6.14. The quantitative estimate of drug-likeness (QED) is 0.285. The molecular formula is C19H16N2O5S2. The maximum absolute atomic E-state index is 12.5. The highest BCUT2D eigenvalue weighted by molar-refractivity contribution is 8.26. The average Bonchev–Trinajstić information content (AvgIpc) is 3.21. The van der Waals surface area contributed by atoms with Gasteiger partial charge < -0.3 is 9.21 Å². The van der Waals surface area contributed by atoms with E-state index < -0.39 is 4.92 Å². The van der Waals surface area contributed by atoms with Gasteiger partial charge >= 0.3 is 0 Å². The molecule has 1 aliphatic heterocycles. The van der Waals surface area contributed by atoms with Gasteiger partial charge in [-0.2, -0.15) is 0 Å². The zero-order valence-electron chi connectivity index (χ0n) is 14.9. The Bertz CT molecular complexity index is 996. The number of hydrogen-bond acceptors (Lipinski definition) is 7. The molecule has 1 aromatic heterocycles. The van der Waals surface area contributed by atoms with Crippen molar-refractivity contribution in [2.75, 3.05) is 6.54 Å². The van der Waals surface area contributed by atoms with Crippen LogP contribution >= 0.6 is 24.0 Å². The topological polar surface area (TPSA) is 93.7 Å². The largest absolute Gasteiger partial charge is 0.456 e. The number of thioether (sulfide) groups is 1. The molecule has 2 aromatic rings. The van der Waals surface area contributed by atoms with Gasteiger partial charge in [-0.05, 0) is 31.5 Å². The second-order valence-corrected chi connectivity index (χ2v) is 7.79. The van der Waals surface area contributed by atoms with Crippen molar-refractivity contribution in [2.24, 2.45) is 0 Å². The fourth-order valence-corrected chi connectivity index (χ4v) is 4.01. The van der Waals surface area contributed by atoms with Crippen molar-refractivity contribution in [3.63, 3.8) is 0 Å². The molecule has 0 saturated carbocycles. The van der Waals surface area contributed by atoms with E-state index in [2.05, 4.69) is 0 Å². The molecule has 3 rings (SSSR count). The van der Waals surface area contributed by atoms with Crippen LogP contribution < -0.4 is 0 Å². The average molecular weight is 416 g/mol.